The summed E-state index contributed by atoms with van der Waals surface area (Å²) in [5.41, 5.74) is 0.282. The van der Waals surface area contributed by atoms with E-state index >= 15 is 0 Å². The van der Waals surface area contributed by atoms with Crippen LogP contribution in [0.1, 0.15) is 20.8 Å². The van der Waals surface area contributed by atoms with Gasteiger partial charge in [-0.2, -0.15) is 0 Å². The first-order valence-electron chi connectivity index (χ1n) is 6.77. The first-order valence-corrected chi connectivity index (χ1v) is 6.77. The van der Waals surface area contributed by atoms with Gasteiger partial charge in [-0.05, 0) is 13.8 Å². The molecule has 2 unspecified atom stereocenters. The fourth-order valence-corrected chi connectivity index (χ4v) is 2.03. The van der Waals surface area contributed by atoms with Crippen LogP contribution in [-0.4, -0.2) is 60.7 Å². The maximum Gasteiger partial charge on any atom is 0.335 e. The van der Waals surface area contributed by atoms with Crippen LogP contribution in [0.15, 0.2) is 12.2 Å². The normalized spacial score (nSPS) is 17.4. The number of carbonyl (C=O) groups is 3. The average molecular weight is 298 g/mol. The lowest BCUT2D eigenvalue weighted by Crippen LogP contribution is -2.41. The number of hydrogen-bond acceptors (Lipinski definition) is 5. The molecule has 7 heteroatoms. The minimum Gasteiger partial charge on any atom is -0.469 e. The molecule has 0 bridgehead atoms. The van der Waals surface area contributed by atoms with E-state index in [9.17, 15) is 14.4 Å². The van der Waals surface area contributed by atoms with Crippen molar-refractivity contribution in [1.29, 1.82) is 0 Å². The monoisotopic (exact) mass is 298 g/mol. The van der Waals surface area contributed by atoms with Gasteiger partial charge in [0.25, 0.3) is 0 Å². The summed E-state index contributed by atoms with van der Waals surface area (Å²) >= 11 is 0. The molecule has 1 rings (SSSR count). The topological polar surface area (TPSA) is 76.2 Å². The lowest BCUT2D eigenvalue weighted by molar-refractivity contribution is -0.149. The van der Waals surface area contributed by atoms with Crippen LogP contribution in [-0.2, 0) is 19.1 Å². The average Bonchev–Trinajstić information content (AvgIpc) is 2.79. The van der Waals surface area contributed by atoms with Gasteiger partial charge in [-0.25, -0.2) is 9.59 Å². The van der Waals surface area contributed by atoms with Crippen LogP contribution in [0.5, 0.6) is 0 Å². The van der Waals surface area contributed by atoms with Gasteiger partial charge >= 0.3 is 18.0 Å². The molecule has 0 aromatic carbocycles. The molecule has 0 saturated carbocycles. The van der Waals surface area contributed by atoms with Crippen LogP contribution < -0.4 is 0 Å². The van der Waals surface area contributed by atoms with Gasteiger partial charge in [-0.15, -0.1) is 0 Å². The van der Waals surface area contributed by atoms with E-state index in [1.54, 1.807) is 25.7 Å². The Hall–Kier alpha value is -2.05. The Morgan fingerprint density at radius 1 is 1.33 bits per heavy atom. The van der Waals surface area contributed by atoms with Crippen molar-refractivity contribution < 1.29 is 23.9 Å². The van der Waals surface area contributed by atoms with Crippen molar-refractivity contribution in [3.63, 3.8) is 0 Å². The maximum atomic E-state index is 12.2. The van der Waals surface area contributed by atoms with Crippen LogP contribution >= 0.6 is 0 Å². The molecule has 2 amide bonds. The van der Waals surface area contributed by atoms with E-state index in [-0.39, 0.29) is 24.1 Å². The van der Waals surface area contributed by atoms with Gasteiger partial charge in [-0.3, -0.25) is 9.69 Å². The van der Waals surface area contributed by atoms with Gasteiger partial charge in [0.2, 0.25) is 0 Å². The Balaban J connectivity index is 2.58. The second kappa shape index (κ2) is 7.10. The Morgan fingerprint density at radius 2 is 1.95 bits per heavy atom. The molecule has 0 aliphatic carbocycles. The van der Waals surface area contributed by atoms with Crippen LogP contribution in [0.3, 0.4) is 0 Å². The molecule has 1 saturated heterocycles. The van der Waals surface area contributed by atoms with E-state index in [4.69, 9.17) is 4.74 Å². The minimum atomic E-state index is -0.667. The highest BCUT2D eigenvalue weighted by Crippen LogP contribution is 2.16. The summed E-state index contributed by atoms with van der Waals surface area (Å²) in [7, 11) is 1.32. The highest BCUT2D eigenvalue weighted by atomic mass is 16.6. The number of rotatable bonds is 6. The van der Waals surface area contributed by atoms with Crippen LogP contribution in [0.4, 0.5) is 4.79 Å². The molecule has 1 aliphatic rings. The fourth-order valence-electron chi connectivity index (χ4n) is 2.03. The van der Waals surface area contributed by atoms with E-state index in [1.165, 1.54) is 12.0 Å². The number of ether oxygens (including phenoxy) is 2. The molecule has 2 atom stereocenters. The second-order valence-electron chi connectivity index (χ2n) is 5.13. The summed E-state index contributed by atoms with van der Waals surface area (Å²) in [6.07, 6.45) is -0.667. The lowest BCUT2D eigenvalue weighted by Gasteiger charge is -2.25. The molecule has 1 fully saturated rings. The molecule has 0 aromatic rings. The molecule has 0 N–H and O–H groups in total. The standard InChI is InChI=1S/C14H22N2O5/c1-9(2)12(17)21-11(4)16-7-6-15(14(16)19)8-10(3)13(18)20-5/h10-11H,1,6-8H2,2-5H3. The number of amides is 2. The minimum absolute atomic E-state index is 0.257. The molecular formula is C14H22N2O5. The van der Waals surface area contributed by atoms with Gasteiger partial charge in [-0.1, -0.05) is 13.5 Å². The quantitative estimate of drug-likeness (QED) is 0.540. The number of nitrogens with zero attached hydrogens (tertiary/aromatic N) is 2. The summed E-state index contributed by atoms with van der Waals surface area (Å²) in [5.74, 6) is -1.29. The predicted octanol–water partition coefficient (Wildman–Crippen LogP) is 0.998. The molecule has 0 radical (unpaired) electrons. The van der Waals surface area contributed by atoms with E-state index in [1.807, 2.05) is 0 Å². The van der Waals surface area contributed by atoms with E-state index in [0.29, 0.717) is 13.1 Å². The molecule has 1 heterocycles. The van der Waals surface area contributed by atoms with Gasteiger partial charge in [0, 0.05) is 25.2 Å². The summed E-state index contributed by atoms with van der Waals surface area (Å²) in [4.78, 5) is 38.1. The lowest BCUT2D eigenvalue weighted by atomic mass is 10.2. The van der Waals surface area contributed by atoms with Crippen molar-refractivity contribution in [2.75, 3.05) is 26.7 Å². The summed E-state index contributed by atoms with van der Waals surface area (Å²) < 4.78 is 9.78. The molecular weight excluding hydrogens is 276 g/mol. The zero-order valence-corrected chi connectivity index (χ0v) is 12.9. The second-order valence-corrected chi connectivity index (χ2v) is 5.13. The summed E-state index contributed by atoms with van der Waals surface area (Å²) in [6.45, 7) is 9.58. The molecule has 7 nitrogen and oxygen atoms in total. The third kappa shape index (κ3) is 4.21. The molecule has 1 aliphatic heterocycles. The van der Waals surface area contributed by atoms with Gasteiger partial charge in [0.05, 0.1) is 13.0 Å². The number of hydrogen-bond donors (Lipinski definition) is 0. The largest absolute Gasteiger partial charge is 0.469 e. The van der Waals surface area contributed by atoms with Gasteiger partial charge in [0.1, 0.15) is 0 Å². The van der Waals surface area contributed by atoms with E-state index in [0.717, 1.165) is 0 Å². The Labute approximate surface area is 124 Å². The van der Waals surface area contributed by atoms with Crippen molar-refractivity contribution in [2.45, 2.75) is 27.0 Å². The maximum absolute atomic E-state index is 12.2. The van der Waals surface area contributed by atoms with Crippen LogP contribution in [0.25, 0.3) is 0 Å². The third-order valence-electron chi connectivity index (χ3n) is 3.29. The van der Waals surface area contributed by atoms with Crippen molar-refractivity contribution in [2.24, 2.45) is 5.92 Å². The molecule has 118 valence electrons. The van der Waals surface area contributed by atoms with Gasteiger partial charge in [0.15, 0.2) is 6.23 Å². The molecule has 21 heavy (non-hydrogen) atoms. The van der Waals surface area contributed by atoms with E-state index in [2.05, 4.69) is 11.3 Å². The summed E-state index contributed by atoms with van der Waals surface area (Å²) in [6, 6.07) is -0.257. The predicted molar refractivity (Wildman–Crippen MR) is 75.2 cm³/mol. The van der Waals surface area contributed by atoms with Crippen molar-refractivity contribution in [3.05, 3.63) is 12.2 Å². The highest BCUT2D eigenvalue weighted by molar-refractivity contribution is 5.87. The SMILES string of the molecule is C=C(C)C(=O)OC(C)N1CCN(CC(C)C(=O)OC)C1=O. The first kappa shape index (κ1) is 17.0. The Bertz CT molecular complexity index is 449. The zero-order chi connectivity index (χ0) is 16.2. The van der Waals surface area contributed by atoms with Crippen LogP contribution in [0.2, 0.25) is 0 Å². The Morgan fingerprint density at radius 3 is 2.48 bits per heavy atom. The number of carbonyl (C=O) groups excluding carboxylic acids is 3. The first-order chi connectivity index (χ1) is 9.77. The summed E-state index contributed by atoms with van der Waals surface area (Å²) in [5, 5.41) is 0. The number of esters is 2. The zero-order valence-electron chi connectivity index (χ0n) is 12.9. The van der Waals surface area contributed by atoms with E-state index < -0.39 is 18.1 Å². The van der Waals surface area contributed by atoms with Crippen molar-refractivity contribution in [3.8, 4) is 0 Å². The van der Waals surface area contributed by atoms with Crippen molar-refractivity contribution in [1.82, 2.24) is 9.80 Å². The van der Waals surface area contributed by atoms with Crippen LogP contribution in [0, 0.1) is 5.92 Å². The highest BCUT2D eigenvalue weighted by Gasteiger charge is 2.35. The molecule has 0 spiro atoms. The Kier molecular flexibility index (Phi) is 5.75. The molecule has 0 aromatic heterocycles. The number of methoxy groups -OCH3 is 1. The fraction of sp³-hybridized carbons (Fsp3) is 0.643. The smallest absolute Gasteiger partial charge is 0.335 e. The number of urea groups is 1. The third-order valence-corrected chi connectivity index (χ3v) is 3.29. The van der Waals surface area contributed by atoms with Gasteiger partial charge < -0.3 is 14.4 Å². The van der Waals surface area contributed by atoms with Crippen molar-refractivity contribution >= 4 is 18.0 Å².